The molecular weight excluding hydrogens is 284 g/mol. The van der Waals surface area contributed by atoms with Crippen LogP contribution in [-0.2, 0) is 19.5 Å². The van der Waals surface area contributed by atoms with E-state index >= 15 is 0 Å². The van der Waals surface area contributed by atoms with E-state index in [1.54, 1.807) is 17.1 Å². The average molecular weight is 306 g/mol. The Morgan fingerprint density at radius 2 is 2.36 bits per heavy atom. The molecule has 1 aliphatic rings. The first-order chi connectivity index (χ1) is 10.7. The molecule has 3 heterocycles. The van der Waals surface area contributed by atoms with Crippen molar-refractivity contribution in [2.45, 2.75) is 51.3 Å². The summed E-state index contributed by atoms with van der Waals surface area (Å²) in [4.78, 5) is 6.55. The third kappa shape index (κ3) is 3.69. The Kier molecular flexibility index (Phi) is 4.49. The minimum atomic E-state index is -0.793. The highest BCUT2D eigenvalue weighted by molar-refractivity contribution is 4.91. The molecule has 8 nitrogen and oxygen atoms in total. The van der Waals surface area contributed by atoms with Crippen LogP contribution in [0.5, 0.6) is 0 Å². The lowest BCUT2D eigenvalue weighted by molar-refractivity contribution is -0.0498. The molecule has 1 N–H and O–H groups in total. The fourth-order valence-corrected chi connectivity index (χ4v) is 2.96. The van der Waals surface area contributed by atoms with Gasteiger partial charge in [0.2, 0.25) is 5.89 Å². The summed E-state index contributed by atoms with van der Waals surface area (Å²) in [6, 6.07) is 0. The number of nitrogens with zero attached hydrogens (tertiary/aromatic N) is 6. The lowest BCUT2D eigenvalue weighted by atomic mass is 9.93. The van der Waals surface area contributed by atoms with E-state index in [-0.39, 0.29) is 0 Å². The molecule has 2 aromatic heterocycles. The molecule has 22 heavy (non-hydrogen) atoms. The van der Waals surface area contributed by atoms with Gasteiger partial charge in [0.15, 0.2) is 5.82 Å². The summed E-state index contributed by atoms with van der Waals surface area (Å²) in [7, 11) is 0. The molecule has 2 aromatic rings. The quantitative estimate of drug-likeness (QED) is 0.837. The maximum absolute atomic E-state index is 10.8. The van der Waals surface area contributed by atoms with Crippen LogP contribution in [0.15, 0.2) is 16.9 Å². The van der Waals surface area contributed by atoms with Gasteiger partial charge in [-0.2, -0.15) is 4.98 Å². The molecule has 8 heteroatoms. The van der Waals surface area contributed by atoms with Crippen LogP contribution in [0, 0.1) is 0 Å². The Labute approximate surface area is 129 Å². The van der Waals surface area contributed by atoms with Gasteiger partial charge in [0.05, 0.1) is 24.9 Å². The second-order valence-electron chi connectivity index (χ2n) is 5.99. The molecule has 0 aromatic carbocycles. The second-order valence-corrected chi connectivity index (χ2v) is 5.99. The molecule has 1 atom stereocenters. The SMILES string of the molecule is CCCc1noc(CN2CCCC(O)(Cn3ccnn3)C2)n1. The van der Waals surface area contributed by atoms with Crippen molar-refractivity contribution in [2.24, 2.45) is 0 Å². The predicted octanol–water partition coefficient (Wildman–Crippen LogP) is 0.641. The Morgan fingerprint density at radius 1 is 1.45 bits per heavy atom. The van der Waals surface area contributed by atoms with Crippen LogP contribution < -0.4 is 0 Å². The van der Waals surface area contributed by atoms with E-state index in [1.165, 1.54) is 0 Å². The molecule has 0 bridgehead atoms. The molecule has 3 rings (SSSR count). The number of aromatic nitrogens is 5. The van der Waals surface area contributed by atoms with Crippen molar-refractivity contribution in [1.29, 1.82) is 0 Å². The third-order valence-corrected chi connectivity index (χ3v) is 3.91. The molecule has 0 aliphatic carbocycles. The van der Waals surface area contributed by atoms with Gasteiger partial charge >= 0.3 is 0 Å². The first-order valence-corrected chi connectivity index (χ1v) is 7.77. The highest BCUT2D eigenvalue weighted by Crippen LogP contribution is 2.24. The molecule has 1 aliphatic heterocycles. The lowest BCUT2D eigenvalue weighted by Gasteiger charge is -2.38. The molecule has 0 saturated carbocycles. The maximum Gasteiger partial charge on any atom is 0.240 e. The van der Waals surface area contributed by atoms with Crippen molar-refractivity contribution >= 4 is 0 Å². The molecule has 120 valence electrons. The van der Waals surface area contributed by atoms with Gasteiger partial charge in [-0.1, -0.05) is 17.3 Å². The number of hydrogen-bond acceptors (Lipinski definition) is 7. The van der Waals surface area contributed by atoms with Gasteiger partial charge in [-0.3, -0.25) is 4.90 Å². The van der Waals surface area contributed by atoms with Gasteiger partial charge in [0.25, 0.3) is 0 Å². The van der Waals surface area contributed by atoms with E-state index in [0.717, 1.165) is 38.1 Å². The summed E-state index contributed by atoms with van der Waals surface area (Å²) in [6.45, 7) is 4.61. The largest absolute Gasteiger partial charge is 0.387 e. The van der Waals surface area contributed by atoms with E-state index in [0.29, 0.717) is 25.5 Å². The monoisotopic (exact) mass is 306 g/mol. The van der Waals surface area contributed by atoms with Gasteiger partial charge in [0, 0.05) is 19.2 Å². The molecule has 0 amide bonds. The predicted molar refractivity (Wildman–Crippen MR) is 77.8 cm³/mol. The van der Waals surface area contributed by atoms with Crippen molar-refractivity contribution in [3.63, 3.8) is 0 Å². The van der Waals surface area contributed by atoms with E-state index in [1.807, 2.05) is 0 Å². The fourth-order valence-electron chi connectivity index (χ4n) is 2.96. The number of rotatable bonds is 6. The van der Waals surface area contributed by atoms with Crippen LogP contribution in [0.4, 0.5) is 0 Å². The van der Waals surface area contributed by atoms with Crippen LogP contribution in [0.25, 0.3) is 0 Å². The number of piperidine rings is 1. The van der Waals surface area contributed by atoms with Gasteiger partial charge < -0.3 is 9.63 Å². The maximum atomic E-state index is 10.8. The Bertz CT molecular complexity index is 584. The molecule has 1 unspecified atom stereocenters. The normalized spacial score (nSPS) is 23.0. The summed E-state index contributed by atoms with van der Waals surface area (Å²) < 4.78 is 6.96. The standard InChI is InChI=1S/C14H22N6O2/c1-2-4-12-16-13(22-17-12)9-19-7-3-5-14(21,10-19)11-20-8-6-15-18-20/h6,8,21H,2-5,7,9-11H2,1H3. The summed E-state index contributed by atoms with van der Waals surface area (Å²) in [5, 5.41) is 22.5. The molecule has 0 spiro atoms. The van der Waals surface area contributed by atoms with Gasteiger partial charge in [-0.25, -0.2) is 4.68 Å². The second kappa shape index (κ2) is 6.53. The molecule has 1 fully saturated rings. The number of aliphatic hydroxyl groups is 1. The van der Waals surface area contributed by atoms with Crippen molar-refractivity contribution in [3.8, 4) is 0 Å². The molecule has 0 radical (unpaired) electrons. The number of β-amino-alcohol motifs (C(OH)–C–C–N with tert-alkyl or cyclic N) is 1. The highest BCUT2D eigenvalue weighted by Gasteiger charge is 2.34. The average Bonchev–Trinajstić information content (AvgIpc) is 3.11. The van der Waals surface area contributed by atoms with Crippen LogP contribution >= 0.6 is 0 Å². The smallest absolute Gasteiger partial charge is 0.240 e. The van der Waals surface area contributed by atoms with Crippen molar-refractivity contribution in [2.75, 3.05) is 13.1 Å². The van der Waals surface area contributed by atoms with Crippen molar-refractivity contribution in [3.05, 3.63) is 24.1 Å². The zero-order chi connectivity index (χ0) is 15.4. The Balaban J connectivity index is 1.59. The van der Waals surface area contributed by atoms with Gasteiger partial charge in [-0.15, -0.1) is 5.10 Å². The first-order valence-electron chi connectivity index (χ1n) is 7.77. The fraction of sp³-hybridized carbons (Fsp3) is 0.714. The first kappa shape index (κ1) is 15.1. The number of likely N-dealkylation sites (tertiary alicyclic amines) is 1. The zero-order valence-electron chi connectivity index (χ0n) is 12.9. The minimum absolute atomic E-state index is 0.453. The number of hydrogen-bond donors (Lipinski definition) is 1. The van der Waals surface area contributed by atoms with E-state index in [4.69, 9.17) is 4.52 Å². The van der Waals surface area contributed by atoms with Crippen LogP contribution in [0.1, 0.15) is 37.9 Å². The summed E-state index contributed by atoms with van der Waals surface area (Å²) in [5.74, 6) is 1.38. The van der Waals surface area contributed by atoms with E-state index in [2.05, 4.69) is 32.3 Å². The van der Waals surface area contributed by atoms with Crippen molar-refractivity contribution < 1.29 is 9.63 Å². The van der Waals surface area contributed by atoms with Crippen molar-refractivity contribution in [1.82, 2.24) is 30.0 Å². The van der Waals surface area contributed by atoms with Crippen LogP contribution in [-0.4, -0.2) is 53.8 Å². The summed E-state index contributed by atoms with van der Waals surface area (Å²) in [5.41, 5.74) is -0.793. The zero-order valence-corrected chi connectivity index (χ0v) is 12.9. The topological polar surface area (TPSA) is 93.1 Å². The molecular formula is C14H22N6O2. The summed E-state index contributed by atoms with van der Waals surface area (Å²) in [6.07, 6.45) is 6.92. The Hall–Kier alpha value is -1.80. The highest BCUT2D eigenvalue weighted by atomic mass is 16.5. The van der Waals surface area contributed by atoms with Crippen LogP contribution in [0.3, 0.4) is 0 Å². The lowest BCUT2D eigenvalue weighted by Crippen LogP contribution is -2.50. The van der Waals surface area contributed by atoms with Gasteiger partial charge in [-0.05, 0) is 25.8 Å². The van der Waals surface area contributed by atoms with Crippen LogP contribution in [0.2, 0.25) is 0 Å². The number of aryl methyl sites for hydroxylation is 1. The van der Waals surface area contributed by atoms with Gasteiger partial charge in [0.1, 0.15) is 0 Å². The van der Waals surface area contributed by atoms with E-state index in [9.17, 15) is 5.11 Å². The third-order valence-electron chi connectivity index (χ3n) is 3.91. The Morgan fingerprint density at radius 3 is 3.14 bits per heavy atom. The van der Waals surface area contributed by atoms with E-state index < -0.39 is 5.60 Å². The molecule has 1 saturated heterocycles. The summed E-state index contributed by atoms with van der Waals surface area (Å²) >= 11 is 0. The minimum Gasteiger partial charge on any atom is -0.387 e.